The third kappa shape index (κ3) is 2.79. The Kier molecular flexibility index (Phi) is 4.16. The zero-order chi connectivity index (χ0) is 17.6. The molecular weight excluding hydrogens is 356 g/mol. The van der Waals surface area contributed by atoms with Crippen LogP contribution in [0.5, 0.6) is 0 Å². The van der Waals surface area contributed by atoms with Crippen LogP contribution in [0, 0.1) is 6.92 Å². The molecule has 4 rings (SSSR count). The molecule has 3 aromatic rings. The molecule has 0 aromatic carbocycles. The highest BCUT2D eigenvalue weighted by Gasteiger charge is 2.22. The zero-order valence-corrected chi connectivity index (χ0v) is 15.7. The van der Waals surface area contributed by atoms with E-state index in [-0.39, 0.29) is 11.5 Å². The van der Waals surface area contributed by atoms with E-state index in [1.807, 2.05) is 25.5 Å². The highest BCUT2D eigenvalue weighted by molar-refractivity contribution is 7.20. The monoisotopic (exact) mass is 374 g/mol. The minimum absolute atomic E-state index is 0.0172. The molecule has 130 valence electrons. The smallest absolute Gasteiger partial charge is 0.290 e. The van der Waals surface area contributed by atoms with E-state index >= 15 is 0 Å². The second kappa shape index (κ2) is 6.34. The summed E-state index contributed by atoms with van der Waals surface area (Å²) in [6, 6.07) is 0. The molecule has 0 radical (unpaired) electrons. The molecule has 1 aliphatic heterocycles. The van der Waals surface area contributed by atoms with Gasteiger partial charge in [0.25, 0.3) is 11.5 Å². The predicted octanol–water partition coefficient (Wildman–Crippen LogP) is 2.63. The summed E-state index contributed by atoms with van der Waals surface area (Å²) in [7, 11) is 1.85. The third-order valence-corrected chi connectivity index (χ3v) is 6.58. The highest BCUT2D eigenvalue weighted by Crippen LogP contribution is 2.28. The first kappa shape index (κ1) is 16.4. The van der Waals surface area contributed by atoms with Gasteiger partial charge in [0.05, 0.1) is 5.39 Å². The fourth-order valence-electron chi connectivity index (χ4n) is 3.19. The zero-order valence-electron chi connectivity index (χ0n) is 14.1. The second-order valence-corrected chi connectivity index (χ2v) is 8.12. The third-order valence-electron chi connectivity index (χ3n) is 4.56. The van der Waals surface area contributed by atoms with Gasteiger partial charge in [0, 0.05) is 31.6 Å². The summed E-state index contributed by atoms with van der Waals surface area (Å²) < 4.78 is 3.60. The van der Waals surface area contributed by atoms with E-state index in [1.54, 1.807) is 9.13 Å². The van der Waals surface area contributed by atoms with Crippen molar-refractivity contribution >= 4 is 38.8 Å². The number of fused-ring (bicyclic) bond motifs is 2. The lowest BCUT2D eigenvalue weighted by Crippen LogP contribution is -2.24. The average Bonchev–Trinajstić information content (AvgIpc) is 3.02. The van der Waals surface area contributed by atoms with Gasteiger partial charge in [-0.1, -0.05) is 6.42 Å². The summed E-state index contributed by atoms with van der Waals surface area (Å²) in [5, 5.41) is 2.46. The first-order valence-electron chi connectivity index (χ1n) is 8.28. The summed E-state index contributed by atoms with van der Waals surface area (Å²) in [5.41, 5.74) is 0.682. The normalized spacial score (nSPS) is 15.4. The Labute approximate surface area is 152 Å². The number of aromatic nitrogens is 3. The molecule has 0 saturated carbocycles. The van der Waals surface area contributed by atoms with Gasteiger partial charge >= 0.3 is 0 Å². The van der Waals surface area contributed by atoms with E-state index in [9.17, 15) is 9.59 Å². The fraction of sp³-hybridized carbons (Fsp3) is 0.412. The van der Waals surface area contributed by atoms with Crippen LogP contribution >= 0.6 is 22.7 Å². The number of hydrogen-bond acceptors (Lipinski definition) is 5. The molecule has 0 bridgehead atoms. The standard InChI is InChI=1S/C17H18N4O2S2/c1-10-12-15(18-11-6-4-3-5-7-21(11)16(12)23)25-13(10)14(22)19-17-20(2)8-9-24-17/h8-9H,3-7H2,1-2H3. The molecule has 6 nitrogen and oxygen atoms in total. The number of carbonyl (C=O) groups excluding carboxylic acids is 1. The van der Waals surface area contributed by atoms with Crippen molar-refractivity contribution < 1.29 is 4.79 Å². The number of rotatable bonds is 1. The average molecular weight is 374 g/mol. The van der Waals surface area contributed by atoms with Crippen LogP contribution in [0.2, 0.25) is 0 Å². The molecule has 0 spiro atoms. The van der Waals surface area contributed by atoms with Crippen molar-refractivity contribution in [3.8, 4) is 0 Å². The van der Waals surface area contributed by atoms with Gasteiger partial charge in [-0.3, -0.25) is 14.2 Å². The second-order valence-electron chi connectivity index (χ2n) is 6.25. The lowest BCUT2D eigenvalue weighted by Gasteiger charge is -2.08. The maximum absolute atomic E-state index is 12.9. The minimum Gasteiger partial charge on any atom is -0.327 e. The van der Waals surface area contributed by atoms with Crippen molar-refractivity contribution in [3.63, 3.8) is 0 Å². The van der Waals surface area contributed by atoms with Gasteiger partial charge in [-0.25, -0.2) is 4.98 Å². The number of thiazole rings is 1. The summed E-state index contributed by atoms with van der Waals surface area (Å²) in [6.07, 6.45) is 5.85. The largest absolute Gasteiger partial charge is 0.327 e. The van der Waals surface area contributed by atoms with E-state index in [0.29, 0.717) is 32.0 Å². The maximum Gasteiger partial charge on any atom is 0.290 e. The molecule has 0 aliphatic carbocycles. The highest BCUT2D eigenvalue weighted by atomic mass is 32.1. The van der Waals surface area contributed by atoms with E-state index in [1.165, 1.54) is 22.7 Å². The maximum atomic E-state index is 12.9. The van der Waals surface area contributed by atoms with Crippen molar-refractivity contribution in [1.29, 1.82) is 0 Å². The molecule has 0 atom stereocenters. The van der Waals surface area contributed by atoms with Crippen LogP contribution in [0.4, 0.5) is 0 Å². The molecule has 1 aliphatic rings. The van der Waals surface area contributed by atoms with Crippen LogP contribution in [0.3, 0.4) is 0 Å². The Morgan fingerprint density at radius 3 is 2.92 bits per heavy atom. The topological polar surface area (TPSA) is 69.2 Å². The quantitative estimate of drug-likeness (QED) is 0.657. The molecule has 3 aromatic heterocycles. The van der Waals surface area contributed by atoms with Crippen LogP contribution in [-0.4, -0.2) is 20.0 Å². The van der Waals surface area contributed by atoms with E-state index in [4.69, 9.17) is 4.98 Å². The van der Waals surface area contributed by atoms with Crippen LogP contribution < -0.4 is 10.4 Å². The molecule has 0 saturated heterocycles. The Morgan fingerprint density at radius 2 is 2.16 bits per heavy atom. The Balaban J connectivity index is 1.89. The van der Waals surface area contributed by atoms with Crippen LogP contribution in [0.15, 0.2) is 21.4 Å². The Hall–Kier alpha value is -2.06. The Bertz CT molecular complexity index is 1100. The first-order chi connectivity index (χ1) is 12.1. The summed E-state index contributed by atoms with van der Waals surface area (Å²) >= 11 is 2.69. The van der Waals surface area contributed by atoms with Crippen molar-refractivity contribution in [2.45, 2.75) is 39.2 Å². The number of nitrogens with zero attached hydrogens (tertiary/aromatic N) is 4. The van der Waals surface area contributed by atoms with E-state index in [2.05, 4.69) is 4.99 Å². The number of hydrogen-bond donors (Lipinski definition) is 0. The minimum atomic E-state index is -0.307. The van der Waals surface area contributed by atoms with Gasteiger partial charge in [0.1, 0.15) is 15.5 Å². The first-order valence-corrected chi connectivity index (χ1v) is 9.98. The molecule has 8 heteroatoms. The summed E-state index contributed by atoms with van der Waals surface area (Å²) in [6.45, 7) is 2.54. The molecular formula is C17H18N4O2S2. The van der Waals surface area contributed by atoms with Crippen LogP contribution in [0.25, 0.3) is 10.2 Å². The number of aryl methyl sites for hydroxylation is 3. The van der Waals surface area contributed by atoms with Gasteiger partial charge in [0.2, 0.25) is 0 Å². The Morgan fingerprint density at radius 1 is 1.32 bits per heavy atom. The number of thiophene rings is 1. The summed E-state index contributed by atoms with van der Waals surface area (Å²) in [4.78, 5) is 36.3. The summed E-state index contributed by atoms with van der Waals surface area (Å²) in [5.74, 6) is 0.537. The van der Waals surface area contributed by atoms with Gasteiger partial charge in [-0.2, -0.15) is 4.99 Å². The molecule has 4 heterocycles. The molecule has 0 unspecified atom stereocenters. The molecule has 0 fully saturated rings. The number of amides is 1. The predicted molar refractivity (Wildman–Crippen MR) is 99.4 cm³/mol. The van der Waals surface area contributed by atoms with Gasteiger partial charge < -0.3 is 4.57 Å². The van der Waals surface area contributed by atoms with E-state index < -0.39 is 0 Å². The fourth-order valence-corrected chi connectivity index (χ4v) is 4.99. The molecule has 25 heavy (non-hydrogen) atoms. The van der Waals surface area contributed by atoms with E-state index in [0.717, 1.165) is 31.5 Å². The molecule has 1 amide bonds. The lowest BCUT2D eigenvalue weighted by molar-refractivity contribution is 0.100. The van der Waals surface area contributed by atoms with Crippen molar-refractivity contribution in [3.05, 3.63) is 43.0 Å². The van der Waals surface area contributed by atoms with Crippen molar-refractivity contribution in [1.82, 2.24) is 14.1 Å². The van der Waals surface area contributed by atoms with Crippen LogP contribution in [-0.2, 0) is 20.0 Å². The van der Waals surface area contributed by atoms with Gasteiger partial charge in [0.15, 0.2) is 4.80 Å². The van der Waals surface area contributed by atoms with Gasteiger partial charge in [-0.05, 0) is 25.3 Å². The SMILES string of the molecule is Cc1c(C(=O)N=c2sccn2C)sc2nc3n(c(=O)c12)CCCCC3. The number of carbonyl (C=O) groups is 1. The van der Waals surface area contributed by atoms with Crippen molar-refractivity contribution in [2.24, 2.45) is 12.0 Å². The van der Waals surface area contributed by atoms with Crippen molar-refractivity contribution in [2.75, 3.05) is 0 Å². The van der Waals surface area contributed by atoms with Crippen LogP contribution in [0.1, 0.15) is 40.3 Å². The lowest BCUT2D eigenvalue weighted by atomic mass is 10.2. The molecule has 0 N–H and O–H groups in total. The van der Waals surface area contributed by atoms with Gasteiger partial charge in [-0.15, -0.1) is 22.7 Å².